The van der Waals surface area contributed by atoms with Crippen molar-refractivity contribution < 1.29 is 106 Å². The molecule has 6 aliphatic heterocycles. The Labute approximate surface area is 545 Å². The normalized spacial score (nSPS) is 46.4. The van der Waals surface area contributed by atoms with Crippen molar-refractivity contribution in [1.29, 1.82) is 0 Å². The number of aldehydes is 1. The summed E-state index contributed by atoms with van der Waals surface area (Å²) in [6.07, 6.45) is -1.73. The van der Waals surface area contributed by atoms with Gasteiger partial charge in [0.15, 0.2) is 43.2 Å². The molecule has 93 heavy (non-hydrogen) atoms. The number of aliphatic hydroxyl groups is 4. The molecule has 4 aliphatic carbocycles. The van der Waals surface area contributed by atoms with Crippen LogP contribution in [0.15, 0.2) is 58.4 Å². The van der Waals surface area contributed by atoms with Gasteiger partial charge in [-0.15, -0.1) is 0 Å². The largest absolute Gasteiger partial charge is 0.511 e. The maximum Gasteiger partial charge on any atom is 0.407 e. The molecule has 0 aromatic rings. The Balaban J connectivity index is 0.906. The number of ketones is 1. The van der Waals surface area contributed by atoms with E-state index in [0.29, 0.717) is 44.0 Å². The third kappa shape index (κ3) is 14.4. The number of nitrogens with two attached hydrogens (primary N) is 1. The van der Waals surface area contributed by atoms with E-state index >= 15 is 4.79 Å². The lowest BCUT2D eigenvalue weighted by Crippen LogP contribution is -2.66. The van der Waals surface area contributed by atoms with Crippen molar-refractivity contribution >= 4 is 30.1 Å². The molecular formula is C69H102N2O22. The summed E-state index contributed by atoms with van der Waals surface area (Å²) in [6, 6.07) is -0.639. The fraction of sp³-hybridized carbons (Fsp3) is 0.783. The van der Waals surface area contributed by atoms with Crippen LogP contribution in [-0.4, -0.2) is 192 Å². The number of methoxy groups -OCH3 is 1. The number of carbonyl (C=O) groups is 5. The molecule has 6 heterocycles. The number of alkyl carbamates (subject to hydrolysis) is 1. The number of rotatable bonds is 14. The Morgan fingerprint density at radius 3 is 2.00 bits per heavy atom. The second-order valence-electron chi connectivity index (χ2n) is 29.1. The number of amides is 1. The van der Waals surface area contributed by atoms with E-state index in [9.17, 15) is 39.6 Å². The maximum absolute atomic E-state index is 15.6. The predicted molar refractivity (Wildman–Crippen MR) is 332 cm³/mol. The molecule has 0 aromatic carbocycles. The van der Waals surface area contributed by atoms with E-state index < -0.39 is 204 Å². The van der Waals surface area contributed by atoms with Crippen LogP contribution in [0.2, 0.25) is 0 Å². The second-order valence-corrected chi connectivity index (χ2v) is 29.1. The van der Waals surface area contributed by atoms with Crippen LogP contribution in [0.1, 0.15) is 154 Å². The number of hydrogen-bond acceptors (Lipinski definition) is 23. The summed E-state index contributed by atoms with van der Waals surface area (Å²) in [5, 5.41) is 49.5. The quantitative estimate of drug-likeness (QED) is 0.0347. The predicted octanol–water partition coefficient (Wildman–Crippen LogP) is 6.68. The highest BCUT2D eigenvalue weighted by atomic mass is 16.8. The van der Waals surface area contributed by atoms with Crippen LogP contribution >= 0.6 is 0 Å². The first-order chi connectivity index (χ1) is 43.9. The van der Waals surface area contributed by atoms with E-state index in [-0.39, 0.29) is 49.5 Å². The van der Waals surface area contributed by atoms with E-state index in [1.807, 2.05) is 46.8 Å². The minimum Gasteiger partial charge on any atom is -0.511 e. The van der Waals surface area contributed by atoms with Gasteiger partial charge in [0.05, 0.1) is 92.1 Å². The fourth-order valence-corrected chi connectivity index (χ4v) is 16.9. The van der Waals surface area contributed by atoms with Gasteiger partial charge in [0.1, 0.15) is 29.8 Å². The van der Waals surface area contributed by atoms with Crippen LogP contribution in [-0.2, 0) is 80.8 Å². The maximum atomic E-state index is 15.6. The molecule has 2 bridgehead atoms. The lowest BCUT2D eigenvalue weighted by Gasteiger charge is -2.56. The third-order valence-corrected chi connectivity index (χ3v) is 21.8. The molecule has 29 unspecified atom stereocenters. The molecule has 24 heteroatoms. The molecule has 1 amide bonds. The second kappa shape index (κ2) is 28.5. The number of nitrogens with one attached hydrogen (secondary N) is 1. The van der Waals surface area contributed by atoms with Gasteiger partial charge in [-0.3, -0.25) is 14.4 Å². The summed E-state index contributed by atoms with van der Waals surface area (Å²) in [5.74, 6) is -6.32. The summed E-state index contributed by atoms with van der Waals surface area (Å²) < 4.78 is 82.6. The number of allylic oxidation sites excluding steroid dienone is 3. The molecule has 10 rings (SSSR count). The van der Waals surface area contributed by atoms with Gasteiger partial charge in [-0.2, -0.15) is 0 Å². The van der Waals surface area contributed by atoms with Gasteiger partial charge in [0.25, 0.3) is 0 Å². The van der Waals surface area contributed by atoms with Crippen molar-refractivity contribution in [2.24, 2.45) is 52.6 Å². The van der Waals surface area contributed by atoms with Gasteiger partial charge in [0, 0.05) is 61.3 Å². The average Bonchev–Trinajstić information content (AvgIpc) is 1.69. The number of fused-ring (bicyclic) bond motifs is 4. The van der Waals surface area contributed by atoms with Crippen LogP contribution < -0.4 is 11.1 Å². The molecule has 10 aliphatic rings. The number of esters is 2. The minimum atomic E-state index is -2.13. The van der Waals surface area contributed by atoms with Crippen LogP contribution in [0.25, 0.3) is 0 Å². The molecule has 0 aromatic heterocycles. The molecule has 7 fully saturated rings. The number of ether oxygens (including phenoxy) is 13. The highest BCUT2D eigenvalue weighted by molar-refractivity contribution is 6.26. The average molecular weight is 1310 g/mol. The van der Waals surface area contributed by atoms with Crippen molar-refractivity contribution in [2.45, 2.75) is 288 Å². The Bertz CT molecular complexity index is 2900. The van der Waals surface area contributed by atoms with Gasteiger partial charge in [-0.1, -0.05) is 64.5 Å². The van der Waals surface area contributed by atoms with Crippen LogP contribution in [0.3, 0.4) is 0 Å². The summed E-state index contributed by atoms with van der Waals surface area (Å²) in [4.78, 5) is 68.8. The Morgan fingerprint density at radius 1 is 0.710 bits per heavy atom. The topological polar surface area (TPSA) is 324 Å². The first kappa shape index (κ1) is 71.3. The highest BCUT2D eigenvalue weighted by Gasteiger charge is 2.65. The number of aliphatic hydroxyl groups excluding tert-OH is 4. The van der Waals surface area contributed by atoms with Crippen molar-refractivity contribution in [3.63, 3.8) is 0 Å². The first-order valence-corrected chi connectivity index (χ1v) is 33.7. The van der Waals surface area contributed by atoms with Crippen molar-refractivity contribution in [1.82, 2.24) is 5.32 Å². The molecule has 7 N–H and O–H groups in total. The minimum absolute atomic E-state index is 0.0475. The fourth-order valence-electron chi connectivity index (χ4n) is 16.9. The van der Waals surface area contributed by atoms with E-state index in [0.717, 1.165) is 5.57 Å². The number of carbonyl (C=O) groups excluding carboxylic acids is 5. The Hall–Kier alpha value is -4.51. The molecule has 29 atom stereocenters. The van der Waals surface area contributed by atoms with Gasteiger partial charge in [-0.25, -0.2) is 9.59 Å². The molecule has 1 spiro atoms. The third-order valence-electron chi connectivity index (χ3n) is 21.8. The van der Waals surface area contributed by atoms with Gasteiger partial charge in [0.2, 0.25) is 5.78 Å². The standard InChI is InChI=1S/C69H102N2O22/c1-31(2)64(78)92-60-39(10)85-54(27-50(60)89-51-22-20-49(37(8)83-51)88-53-26-47(75)59(38(9)84-53)90-52-21-18-45(73)36(7)82-52)91-58-35(6)23-34(5)57-42(58)16-17-43-32(3)15-19-48(87-55-29-67(12,70)61(40(11)86-55)71-66(80)81-14)33(4)24-44-46(74)25-41(30-72)28-69(44)63(77)56(65(79)93-69)62(76)68(43,57)13/h15-17,24-25,30-31,34-40,42-55,57-61,73-76H,18-23,26-29,70H2,1-14H3,(H,71,80). The lowest BCUT2D eigenvalue weighted by molar-refractivity contribution is -0.331. The molecular weight excluding hydrogens is 1210 g/mol. The number of Topliss-reactive ketones (excluding diaryl/α,β-unsaturated/α-hetero) is 1. The molecule has 24 nitrogen and oxygen atoms in total. The summed E-state index contributed by atoms with van der Waals surface area (Å²) in [7, 11) is 1.26. The Kier molecular flexibility index (Phi) is 21.9. The van der Waals surface area contributed by atoms with Crippen molar-refractivity contribution in [3.8, 4) is 0 Å². The van der Waals surface area contributed by atoms with E-state index in [1.165, 1.54) is 13.2 Å². The Morgan fingerprint density at radius 2 is 1.34 bits per heavy atom. The smallest absolute Gasteiger partial charge is 0.407 e. The van der Waals surface area contributed by atoms with Gasteiger partial charge < -0.3 is 93.1 Å². The highest BCUT2D eigenvalue weighted by Crippen LogP contribution is 2.61. The van der Waals surface area contributed by atoms with Crippen LogP contribution in [0.4, 0.5) is 4.79 Å². The zero-order valence-electron chi connectivity index (χ0n) is 56.3. The molecule has 1 saturated carbocycles. The molecule has 0 radical (unpaired) electrons. The monoisotopic (exact) mass is 1310 g/mol. The van der Waals surface area contributed by atoms with Crippen molar-refractivity contribution in [3.05, 3.63) is 58.4 Å². The number of hydrogen-bond donors (Lipinski definition) is 6. The molecule has 520 valence electrons. The van der Waals surface area contributed by atoms with Crippen LogP contribution in [0.5, 0.6) is 0 Å². The van der Waals surface area contributed by atoms with E-state index in [1.54, 1.807) is 47.6 Å². The van der Waals surface area contributed by atoms with E-state index in [2.05, 4.69) is 25.2 Å². The van der Waals surface area contributed by atoms with Gasteiger partial charge in [-0.05, 0) is 116 Å². The zero-order valence-corrected chi connectivity index (χ0v) is 56.3. The van der Waals surface area contributed by atoms with Gasteiger partial charge >= 0.3 is 18.0 Å². The SMILES string of the molecule is COC(=O)NC1C(C)OC(OC2CC=C(C)C3C=CC4C(OC5CC(OC6CCC(OC7CC(O)C(OC8CCC(O)C(C)O8)C(C)O7)C(C)O6)C(OC(=O)C(C)C)C(C)O5)C(C)CC(C)C4C3(C)C(O)=C3C(=O)OC4(CC(C=O)=CC(O)C4C=C2C)C3=O)CC1(C)N. The van der Waals surface area contributed by atoms with E-state index in [4.69, 9.17) is 67.3 Å². The summed E-state index contributed by atoms with van der Waals surface area (Å²) in [6.45, 7) is 24.2. The first-order valence-electron chi connectivity index (χ1n) is 33.7. The lowest BCUT2D eigenvalue weighted by atomic mass is 9.49. The molecule has 6 saturated heterocycles. The van der Waals surface area contributed by atoms with Crippen molar-refractivity contribution in [2.75, 3.05) is 7.11 Å². The zero-order chi connectivity index (χ0) is 67.5. The van der Waals surface area contributed by atoms with Crippen LogP contribution in [0, 0.1) is 46.8 Å². The summed E-state index contributed by atoms with van der Waals surface area (Å²) >= 11 is 0. The summed E-state index contributed by atoms with van der Waals surface area (Å²) in [5.41, 5.74) is 3.19.